The number of carbonyl (C=O) groups excluding carboxylic acids is 1. The smallest absolute Gasteiger partial charge is 0.178 e. The first-order valence-electron chi connectivity index (χ1n) is 5.70. The van der Waals surface area contributed by atoms with Crippen LogP contribution in [0.25, 0.3) is 12.2 Å². The average molecular weight is 235 g/mol. The highest BCUT2D eigenvalue weighted by Crippen LogP contribution is 2.02. The summed E-state index contributed by atoms with van der Waals surface area (Å²) in [5.74, 6) is -0.0318. The van der Waals surface area contributed by atoms with Crippen LogP contribution in [0.2, 0.25) is 0 Å². The Morgan fingerprint density at radius 1 is 0.833 bits per heavy atom. The SMILES string of the molecule is O=C(C=Cc1ccccc1)C=Cc1ccncc1. The number of aromatic nitrogens is 1. The molecule has 2 nitrogen and oxygen atoms in total. The van der Waals surface area contributed by atoms with Gasteiger partial charge in [0.1, 0.15) is 0 Å². The highest BCUT2D eigenvalue weighted by molar-refractivity contribution is 6.04. The summed E-state index contributed by atoms with van der Waals surface area (Å²) in [6.45, 7) is 0. The number of hydrogen-bond donors (Lipinski definition) is 0. The maximum absolute atomic E-state index is 11.6. The zero-order valence-corrected chi connectivity index (χ0v) is 9.86. The van der Waals surface area contributed by atoms with Crippen molar-refractivity contribution in [2.75, 3.05) is 0 Å². The molecular weight excluding hydrogens is 222 g/mol. The van der Waals surface area contributed by atoms with Gasteiger partial charge in [-0.25, -0.2) is 0 Å². The van der Waals surface area contributed by atoms with Gasteiger partial charge in [-0.15, -0.1) is 0 Å². The van der Waals surface area contributed by atoms with E-state index in [1.54, 1.807) is 36.7 Å². The fraction of sp³-hybridized carbons (Fsp3) is 0. The van der Waals surface area contributed by atoms with Crippen molar-refractivity contribution in [1.82, 2.24) is 4.98 Å². The van der Waals surface area contributed by atoms with Crippen molar-refractivity contribution < 1.29 is 4.79 Å². The molecule has 0 saturated carbocycles. The standard InChI is InChI=1S/C16H13NO/c18-16(8-6-14-4-2-1-3-5-14)9-7-15-10-12-17-13-11-15/h1-13H. The van der Waals surface area contributed by atoms with Gasteiger partial charge < -0.3 is 0 Å². The molecule has 0 aliphatic carbocycles. The van der Waals surface area contributed by atoms with Crippen molar-refractivity contribution in [3.63, 3.8) is 0 Å². The van der Waals surface area contributed by atoms with E-state index in [2.05, 4.69) is 4.98 Å². The minimum Gasteiger partial charge on any atom is -0.290 e. The number of allylic oxidation sites excluding steroid dienone is 2. The van der Waals surface area contributed by atoms with E-state index in [1.165, 1.54) is 0 Å². The van der Waals surface area contributed by atoms with Gasteiger partial charge in [0.05, 0.1) is 0 Å². The van der Waals surface area contributed by atoms with Crippen LogP contribution in [-0.2, 0) is 4.79 Å². The maximum atomic E-state index is 11.6. The van der Waals surface area contributed by atoms with Crippen LogP contribution in [-0.4, -0.2) is 10.8 Å². The predicted octanol–water partition coefficient (Wildman–Crippen LogP) is 3.38. The Labute approximate surface area is 106 Å². The van der Waals surface area contributed by atoms with E-state index in [9.17, 15) is 4.79 Å². The summed E-state index contributed by atoms with van der Waals surface area (Å²) in [6.07, 6.45) is 10.1. The molecule has 0 saturated heterocycles. The van der Waals surface area contributed by atoms with Gasteiger partial charge in [0.25, 0.3) is 0 Å². The summed E-state index contributed by atoms with van der Waals surface area (Å²) < 4.78 is 0. The van der Waals surface area contributed by atoms with E-state index in [-0.39, 0.29) is 5.78 Å². The molecular formula is C16H13NO. The van der Waals surface area contributed by atoms with E-state index in [0.717, 1.165) is 11.1 Å². The third kappa shape index (κ3) is 3.83. The highest BCUT2D eigenvalue weighted by Gasteiger charge is 1.90. The summed E-state index contributed by atoms with van der Waals surface area (Å²) in [6, 6.07) is 13.4. The maximum Gasteiger partial charge on any atom is 0.178 e. The first kappa shape index (κ1) is 12.0. The Morgan fingerprint density at radius 3 is 2.00 bits per heavy atom. The summed E-state index contributed by atoms with van der Waals surface area (Å²) in [5, 5.41) is 0. The second-order valence-corrected chi connectivity index (χ2v) is 3.76. The molecule has 1 aromatic heterocycles. The third-order valence-corrected chi connectivity index (χ3v) is 2.39. The van der Waals surface area contributed by atoms with Gasteiger partial charge in [0, 0.05) is 12.4 Å². The molecule has 1 aromatic carbocycles. The quantitative estimate of drug-likeness (QED) is 0.760. The monoisotopic (exact) mass is 235 g/mol. The number of hydrogen-bond acceptors (Lipinski definition) is 2. The molecule has 0 aliphatic heterocycles. The second-order valence-electron chi connectivity index (χ2n) is 3.76. The van der Waals surface area contributed by atoms with Crippen LogP contribution < -0.4 is 0 Å². The lowest BCUT2D eigenvalue weighted by Crippen LogP contribution is -1.84. The molecule has 0 spiro atoms. The largest absolute Gasteiger partial charge is 0.290 e. The zero-order chi connectivity index (χ0) is 12.6. The van der Waals surface area contributed by atoms with Crippen molar-refractivity contribution in [2.24, 2.45) is 0 Å². The Bertz CT molecular complexity index is 505. The lowest BCUT2D eigenvalue weighted by molar-refractivity contribution is -0.110. The van der Waals surface area contributed by atoms with Gasteiger partial charge in [0.15, 0.2) is 5.78 Å². The van der Waals surface area contributed by atoms with Gasteiger partial charge in [-0.1, -0.05) is 42.5 Å². The van der Waals surface area contributed by atoms with Crippen LogP contribution in [0.4, 0.5) is 0 Å². The van der Waals surface area contributed by atoms with Crippen molar-refractivity contribution in [1.29, 1.82) is 0 Å². The van der Waals surface area contributed by atoms with Gasteiger partial charge in [0.2, 0.25) is 0 Å². The minimum atomic E-state index is -0.0318. The fourth-order valence-electron chi connectivity index (χ4n) is 1.45. The van der Waals surface area contributed by atoms with Crippen LogP contribution in [0.5, 0.6) is 0 Å². The highest BCUT2D eigenvalue weighted by atomic mass is 16.1. The lowest BCUT2D eigenvalue weighted by Gasteiger charge is -1.91. The molecule has 2 rings (SSSR count). The Morgan fingerprint density at radius 2 is 1.39 bits per heavy atom. The Kier molecular flexibility index (Phi) is 4.20. The second kappa shape index (κ2) is 6.30. The molecule has 0 unspecified atom stereocenters. The summed E-state index contributed by atoms with van der Waals surface area (Å²) in [5.41, 5.74) is 1.98. The summed E-state index contributed by atoms with van der Waals surface area (Å²) in [7, 11) is 0. The van der Waals surface area contributed by atoms with Crippen molar-refractivity contribution in [2.45, 2.75) is 0 Å². The first-order valence-corrected chi connectivity index (χ1v) is 5.70. The Hall–Kier alpha value is -2.48. The van der Waals surface area contributed by atoms with E-state index >= 15 is 0 Å². The van der Waals surface area contributed by atoms with Crippen LogP contribution in [0.1, 0.15) is 11.1 Å². The molecule has 0 aliphatic rings. The Balaban J connectivity index is 1.97. The number of benzene rings is 1. The van der Waals surface area contributed by atoms with Crippen molar-refractivity contribution >= 4 is 17.9 Å². The summed E-state index contributed by atoms with van der Waals surface area (Å²) >= 11 is 0. The fourth-order valence-corrected chi connectivity index (χ4v) is 1.45. The number of rotatable bonds is 4. The summed E-state index contributed by atoms with van der Waals surface area (Å²) in [4.78, 5) is 15.5. The van der Waals surface area contributed by atoms with Crippen LogP contribution >= 0.6 is 0 Å². The van der Waals surface area contributed by atoms with Crippen LogP contribution in [0.3, 0.4) is 0 Å². The first-order chi connectivity index (χ1) is 8.84. The molecule has 2 aromatic rings. The molecule has 0 amide bonds. The van der Waals surface area contributed by atoms with E-state index in [1.807, 2.05) is 42.5 Å². The number of carbonyl (C=O) groups is 1. The lowest BCUT2D eigenvalue weighted by atomic mass is 10.2. The molecule has 88 valence electrons. The van der Waals surface area contributed by atoms with Crippen LogP contribution in [0, 0.1) is 0 Å². The predicted molar refractivity (Wildman–Crippen MR) is 73.8 cm³/mol. The molecule has 2 heteroatoms. The number of ketones is 1. The van der Waals surface area contributed by atoms with Crippen LogP contribution in [0.15, 0.2) is 67.0 Å². The molecule has 0 radical (unpaired) electrons. The van der Waals surface area contributed by atoms with E-state index < -0.39 is 0 Å². The number of pyridine rings is 1. The van der Waals surface area contributed by atoms with Gasteiger partial charge in [-0.05, 0) is 35.4 Å². The molecule has 0 fully saturated rings. The molecule has 0 N–H and O–H groups in total. The molecule has 1 heterocycles. The topological polar surface area (TPSA) is 30.0 Å². The molecule has 0 atom stereocenters. The average Bonchev–Trinajstić information content (AvgIpc) is 2.45. The molecule has 18 heavy (non-hydrogen) atoms. The van der Waals surface area contributed by atoms with Crippen molar-refractivity contribution in [3.05, 3.63) is 78.1 Å². The minimum absolute atomic E-state index is 0.0318. The van der Waals surface area contributed by atoms with E-state index in [0.29, 0.717) is 0 Å². The number of nitrogens with zero attached hydrogens (tertiary/aromatic N) is 1. The van der Waals surface area contributed by atoms with Gasteiger partial charge in [-0.2, -0.15) is 0 Å². The molecule has 0 bridgehead atoms. The zero-order valence-electron chi connectivity index (χ0n) is 9.86. The van der Waals surface area contributed by atoms with Crippen molar-refractivity contribution in [3.8, 4) is 0 Å². The van der Waals surface area contributed by atoms with Gasteiger partial charge >= 0.3 is 0 Å². The van der Waals surface area contributed by atoms with E-state index in [4.69, 9.17) is 0 Å². The third-order valence-electron chi connectivity index (χ3n) is 2.39. The normalized spacial score (nSPS) is 11.1. The van der Waals surface area contributed by atoms with Gasteiger partial charge in [-0.3, -0.25) is 9.78 Å².